The van der Waals surface area contributed by atoms with E-state index in [-0.39, 0.29) is 11.8 Å². The number of carbonyl (C=O) groups is 2. The summed E-state index contributed by atoms with van der Waals surface area (Å²) in [5.41, 5.74) is 10.4. The normalized spacial score (nSPS) is 17.0. The summed E-state index contributed by atoms with van der Waals surface area (Å²) < 4.78 is 0. The summed E-state index contributed by atoms with van der Waals surface area (Å²) >= 11 is 0. The highest BCUT2D eigenvalue weighted by atomic mass is 16.2. The van der Waals surface area contributed by atoms with Crippen LogP contribution in [-0.4, -0.2) is 29.5 Å². The number of fused-ring (bicyclic) bond motifs is 1. The van der Waals surface area contributed by atoms with Gasteiger partial charge in [-0.05, 0) is 60.3 Å². The third-order valence-corrected chi connectivity index (χ3v) is 5.38. The predicted molar refractivity (Wildman–Crippen MR) is 109 cm³/mol. The van der Waals surface area contributed by atoms with Gasteiger partial charge in [0.15, 0.2) is 0 Å². The maximum atomic E-state index is 12.4. The second-order valence-electron chi connectivity index (χ2n) is 7.22. The van der Waals surface area contributed by atoms with Crippen LogP contribution in [0.4, 0.5) is 4.79 Å². The molecule has 29 heavy (non-hydrogen) atoms. The minimum absolute atomic E-state index is 0.251. The maximum absolute atomic E-state index is 12.4. The Labute approximate surface area is 167 Å². The highest BCUT2D eigenvalue weighted by molar-refractivity contribution is 6.04. The Morgan fingerprint density at radius 3 is 2.59 bits per heavy atom. The van der Waals surface area contributed by atoms with Gasteiger partial charge in [-0.2, -0.15) is 5.26 Å². The van der Waals surface area contributed by atoms with Crippen molar-refractivity contribution in [2.24, 2.45) is 5.73 Å². The van der Waals surface area contributed by atoms with Gasteiger partial charge in [0.2, 0.25) is 0 Å². The number of urea groups is 1. The van der Waals surface area contributed by atoms with Crippen molar-refractivity contribution < 1.29 is 9.59 Å². The summed E-state index contributed by atoms with van der Waals surface area (Å²) in [6.45, 7) is 0.549. The van der Waals surface area contributed by atoms with Gasteiger partial charge in [-0.3, -0.25) is 10.1 Å². The van der Waals surface area contributed by atoms with E-state index in [0.29, 0.717) is 18.5 Å². The van der Waals surface area contributed by atoms with Crippen molar-refractivity contribution in [2.75, 3.05) is 6.54 Å². The first-order valence-electron chi connectivity index (χ1n) is 9.49. The van der Waals surface area contributed by atoms with Crippen molar-refractivity contribution in [3.63, 3.8) is 0 Å². The number of benzene rings is 2. The first-order valence-corrected chi connectivity index (χ1v) is 9.49. The minimum atomic E-state index is -0.660. The second-order valence-corrected chi connectivity index (χ2v) is 7.22. The van der Waals surface area contributed by atoms with Gasteiger partial charge in [-0.15, -0.1) is 0 Å². The van der Waals surface area contributed by atoms with Crippen molar-refractivity contribution in [2.45, 2.75) is 24.8 Å². The topological polar surface area (TPSA) is 124 Å². The molecule has 2 heterocycles. The van der Waals surface area contributed by atoms with Gasteiger partial charge in [0.25, 0.3) is 5.91 Å². The molecule has 0 bridgehead atoms. The molecular weight excluding hydrogens is 366 g/mol. The molecule has 7 heteroatoms. The smallest absolute Gasteiger partial charge is 0.322 e. The second kappa shape index (κ2) is 7.78. The maximum Gasteiger partial charge on any atom is 0.322 e. The van der Waals surface area contributed by atoms with Crippen molar-refractivity contribution in [1.82, 2.24) is 15.6 Å². The van der Waals surface area contributed by atoms with Crippen LogP contribution in [0.2, 0.25) is 0 Å². The number of rotatable bonds is 6. The van der Waals surface area contributed by atoms with Gasteiger partial charge in [-0.25, -0.2) is 4.79 Å². The third kappa shape index (κ3) is 3.71. The van der Waals surface area contributed by atoms with Crippen LogP contribution in [0.1, 0.15) is 28.2 Å². The van der Waals surface area contributed by atoms with Crippen molar-refractivity contribution in [3.05, 3.63) is 70.9 Å². The number of H-pyrrole nitrogens is 1. The van der Waals surface area contributed by atoms with E-state index in [0.717, 1.165) is 34.0 Å². The van der Waals surface area contributed by atoms with Crippen LogP contribution in [0.15, 0.2) is 48.7 Å². The molecule has 2 unspecified atom stereocenters. The molecule has 1 fully saturated rings. The van der Waals surface area contributed by atoms with Crippen molar-refractivity contribution in [1.29, 1.82) is 5.26 Å². The van der Waals surface area contributed by atoms with Gasteiger partial charge in [0.1, 0.15) is 6.04 Å². The fourth-order valence-electron chi connectivity index (χ4n) is 3.90. The molecular formula is C22H21N5O2. The van der Waals surface area contributed by atoms with E-state index in [1.54, 1.807) is 12.1 Å². The zero-order valence-electron chi connectivity index (χ0n) is 15.7. The molecule has 1 aliphatic rings. The monoisotopic (exact) mass is 387 g/mol. The molecule has 146 valence electrons. The number of aromatic nitrogens is 1. The standard InChI is InChI=1S/C22H21N5O2/c23-8-7-16-12-25-19-6-5-15(10-17(16)19)18(20-21(28)27-22(29)26-20)9-13-1-3-14(11-24)4-2-13/h1-6,10,12,18,20,25H,7-9,23H2,(H2,26,27,28,29). The molecule has 1 aromatic heterocycles. The SMILES string of the molecule is N#Cc1ccc(CC(c2ccc3[nH]cc(CCN)c3c2)C2NC(=O)NC2=O)cc1. The number of hydrogen-bond acceptors (Lipinski definition) is 4. The van der Waals surface area contributed by atoms with Gasteiger partial charge >= 0.3 is 6.03 Å². The summed E-state index contributed by atoms with van der Waals surface area (Å²) in [7, 11) is 0. The lowest BCUT2D eigenvalue weighted by Gasteiger charge is -2.22. The minimum Gasteiger partial charge on any atom is -0.361 e. The molecule has 1 aliphatic heterocycles. The van der Waals surface area contributed by atoms with Crippen LogP contribution in [0, 0.1) is 11.3 Å². The number of carbonyl (C=O) groups excluding carboxylic acids is 2. The Morgan fingerprint density at radius 1 is 1.14 bits per heavy atom. The van der Waals surface area contributed by atoms with Crippen LogP contribution >= 0.6 is 0 Å². The van der Waals surface area contributed by atoms with Gasteiger partial charge < -0.3 is 16.0 Å². The molecule has 0 aliphatic carbocycles. The molecule has 3 aromatic rings. The molecule has 0 spiro atoms. The van der Waals surface area contributed by atoms with Gasteiger partial charge in [-0.1, -0.05) is 18.2 Å². The molecule has 5 N–H and O–H groups in total. The van der Waals surface area contributed by atoms with Crippen LogP contribution in [-0.2, 0) is 17.6 Å². The molecule has 4 rings (SSSR count). The van der Waals surface area contributed by atoms with E-state index in [2.05, 4.69) is 27.8 Å². The highest BCUT2D eigenvalue weighted by Gasteiger charge is 2.37. The van der Waals surface area contributed by atoms with E-state index in [1.807, 2.05) is 30.5 Å². The number of amides is 3. The summed E-state index contributed by atoms with van der Waals surface area (Å²) in [6.07, 6.45) is 3.26. The first kappa shape index (κ1) is 18.7. The first-order chi connectivity index (χ1) is 14.1. The van der Waals surface area contributed by atoms with Crippen molar-refractivity contribution >= 4 is 22.8 Å². The molecule has 1 saturated heterocycles. The largest absolute Gasteiger partial charge is 0.361 e. The Balaban J connectivity index is 1.74. The number of nitrogens with zero attached hydrogens (tertiary/aromatic N) is 1. The highest BCUT2D eigenvalue weighted by Crippen LogP contribution is 2.30. The van der Waals surface area contributed by atoms with Crippen LogP contribution in [0.5, 0.6) is 0 Å². The summed E-state index contributed by atoms with van der Waals surface area (Å²) in [4.78, 5) is 27.4. The van der Waals surface area contributed by atoms with E-state index in [1.165, 1.54) is 0 Å². The fourth-order valence-corrected chi connectivity index (χ4v) is 3.90. The molecule has 7 nitrogen and oxygen atoms in total. The number of hydrogen-bond donors (Lipinski definition) is 4. The Kier molecular flexibility index (Phi) is 5.02. The van der Waals surface area contributed by atoms with E-state index < -0.39 is 12.1 Å². The average molecular weight is 387 g/mol. The van der Waals surface area contributed by atoms with E-state index in [4.69, 9.17) is 11.0 Å². The zero-order chi connectivity index (χ0) is 20.4. The lowest BCUT2D eigenvalue weighted by Crippen LogP contribution is -2.36. The Morgan fingerprint density at radius 2 is 1.93 bits per heavy atom. The number of nitrogens with two attached hydrogens (primary N) is 1. The van der Waals surface area contributed by atoms with Crippen LogP contribution in [0.25, 0.3) is 10.9 Å². The van der Waals surface area contributed by atoms with E-state index in [9.17, 15) is 9.59 Å². The predicted octanol–water partition coefficient (Wildman–Crippen LogP) is 2.08. The average Bonchev–Trinajstić information content (AvgIpc) is 3.28. The Bertz CT molecular complexity index is 1110. The van der Waals surface area contributed by atoms with Crippen LogP contribution < -0.4 is 16.4 Å². The molecule has 0 saturated carbocycles. The van der Waals surface area contributed by atoms with Gasteiger partial charge in [0, 0.05) is 23.0 Å². The number of nitriles is 1. The lowest BCUT2D eigenvalue weighted by molar-refractivity contribution is -0.120. The molecule has 2 aromatic carbocycles. The number of nitrogens with one attached hydrogen (secondary N) is 3. The number of imide groups is 1. The van der Waals surface area contributed by atoms with Crippen molar-refractivity contribution in [3.8, 4) is 6.07 Å². The molecule has 0 radical (unpaired) electrons. The number of aromatic amines is 1. The van der Waals surface area contributed by atoms with Crippen LogP contribution in [0.3, 0.4) is 0 Å². The molecule has 3 amide bonds. The quantitative estimate of drug-likeness (QED) is 0.483. The van der Waals surface area contributed by atoms with E-state index >= 15 is 0 Å². The fraction of sp³-hybridized carbons (Fsp3) is 0.227. The Hall–Kier alpha value is -3.63. The lowest BCUT2D eigenvalue weighted by atomic mass is 9.85. The summed E-state index contributed by atoms with van der Waals surface area (Å²) in [5.74, 6) is -0.579. The molecule has 2 atom stereocenters. The third-order valence-electron chi connectivity index (χ3n) is 5.38. The zero-order valence-corrected chi connectivity index (χ0v) is 15.7. The summed E-state index contributed by atoms with van der Waals surface area (Å²) in [6, 6.07) is 14.3. The summed E-state index contributed by atoms with van der Waals surface area (Å²) in [5, 5.41) is 15.2. The van der Waals surface area contributed by atoms with Gasteiger partial charge in [0.05, 0.1) is 11.6 Å².